The van der Waals surface area contributed by atoms with Crippen LogP contribution in [-0.2, 0) is 6.54 Å². The summed E-state index contributed by atoms with van der Waals surface area (Å²) in [6, 6.07) is 4.00. The van der Waals surface area contributed by atoms with Gasteiger partial charge in [-0.1, -0.05) is 0 Å². The van der Waals surface area contributed by atoms with E-state index in [1.165, 1.54) is 0 Å². The lowest BCUT2D eigenvalue weighted by Crippen LogP contribution is -2.19. The van der Waals surface area contributed by atoms with E-state index in [1.54, 1.807) is 0 Å². The molecule has 0 aliphatic carbocycles. The number of nitrogens with one attached hydrogen (secondary N) is 2. The van der Waals surface area contributed by atoms with Crippen LogP contribution in [0, 0.1) is 6.92 Å². The van der Waals surface area contributed by atoms with E-state index in [1.807, 2.05) is 26.1 Å². The Labute approximate surface area is 79.5 Å². The zero-order chi connectivity index (χ0) is 9.52. The Morgan fingerprint density at radius 2 is 2.15 bits per heavy atom. The average molecular weight is 182 g/mol. The Morgan fingerprint density at radius 1 is 1.31 bits per heavy atom. The van der Waals surface area contributed by atoms with Crippen molar-refractivity contribution < 1.29 is 4.42 Å². The fourth-order valence-electron chi connectivity index (χ4n) is 1.18. The van der Waals surface area contributed by atoms with Crippen molar-refractivity contribution in [1.29, 1.82) is 0 Å². The summed E-state index contributed by atoms with van der Waals surface area (Å²) < 4.78 is 5.41. The van der Waals surface area contributed by atoms with Gasteiger partial charge in [-0.3, -0.25) is 0 Å². The van der Waals surface area contributed by atoms with E-state index in [2.05, 4.69) is 10.6 Å². The highest BCUT2D eigenvalue weighted by atomic mass is 16.3. The lowest BCUT2D eigenvalue weighted by molar-refractivity contribution is 0.460. The van der Waals surface area contributed by atoms with Crippen LogP contribution in [0.15, 0.2) is 16.5 Å². The van der Waals surface area contributed by atoms with Gasteiger partial charge in [0.25, 0.3) is 0 Å². The van der Waals surface area contributed by atoms with Gasteiger partial charge < -0.3 is 15.1 Å². The number of furan rings is 1. The van der Waals surface area contributed by atoms with Crippen molar-refractivity contribution >= 4 is 0 Å². The molecule has 3 nitrogen and oxygen atoms in total. The summed E-state index contributed by atoms with van der Waals surface area (Å²) >= 11 is 0. The van der Waals surface area contributed by atoms with Gasteiger partial charge in [0.2, 0.25) is 0 Å². The molecular formula is C10H18N2O. The average Bonchev–Trinajstić information content (AvgIpc) is 2.51. The lowest BCUT2D eigenvalue weighted by Gasteiger charge is -2.01. The molecule has 0 bridgehead atoms. The fourth-order valence-corrected chi connectivity index (χ4v) is 1.18. The van der Waals surface area contributed by atoms with Crippen LogP contribution < -0.4 is 10.6 Å². The van der Waals surface area contributed by atoms with Crippen LogP contribution in [0.5, 0.6) is 0 Å². The molecule has 0 aromatic carbocycles. The van der Waals surface area contributed by atoms with E-state index in [0.717, 1.165) is 37.6 Å². The maximum Gasteiger partial charge on any atom is 0.117 e. The van der Waals surface area contributed by atoms with Crippen molar-refractivity contribution in [2.75, 3.05) is 20.1 Å². The standard InChI is InChI=1S/C10H18N2O/c1-9-4-5-10(13-9)8-12-7-3-6-11-2/h4-5,11-12H,3,6-8H2,1-2H3. The predicted molar refractivity (Wildman–Crippen MR) is 53.7 cm³/mol. The van der Waals surface area contributed by atoms with E-state index in [0.29, 0.717) is 0 Å². The number of aryl methyl sites for hydroxylation is 1. The molecule has 1 heterocycles. The normalized spacial score (nSPS) is 10.6. The summed E-state index contributed by atoms with van der Waals surface area (Å²) in [4.78, 5) is 0. The minimum Gasteiger partial charge on any atom is -0.465 e. The second-order valence-corrected chi connectivity index (χ2v) is 3.15. The fraction of sp³-hybridized carbons (Fsp3) is 0.600. The number of rotatable bonds is 6. The first kappa shape index (κ1) is 10.3. The molecule has 1 aromatic heterocycles. The molecule has 0 saturated heterocycles. The van der Waals surface area contributed by atoms with Gasteiger partial charge in [0.1, 0.15) is 11.5 Å². The molecule has 0 atom stereocenters. The molecule has 0 aliphatic rings. The van der Waals surface area contributed by atoms with E-state index in [-0.39, 0.29) is 0 Å². The Morgan fingerprint density at radius 3 is 2.77 bits per heavy atom. The minimum absolute atomic E-state index is 0.831. The summed E-state index contributed by atoms with van der Waals surface area (Å²) in [5.41, 5.74) is 0. The molecule has 0 aliphatic heterocycles. The highest BCUT2D eigenvalue weighted by Crippen LogP contribution is 2.04. The summed E-state index contributed by atoms with van der Waals surface area (Å²) in [7, 11) is 1.97. The van der Waals surface area contributed by atoms with Crippen LogP contribution >= 0.6 is 0 Å². The molecule has 3 heteroatoms. The third kappa shape index (κ3) is 4.10. The number of hydrogen-bond acceptors (Lipinski definition) is 3. The smallest absolute Gasteiger partial charge is 0.117 e. The molecule has 74 valence electrons. The Kier molecular flexibility index (Phi) is 4.57. The minimum atomic E-state index is 0.831. The van der Waals surface area contributed by atoms with Gasteiger partial charge in [-0.25, -0.2) is 0 Å². The summed E-state index contributed by atoms with van der Waals surface area (Å²) in [6.45, 7) is 4.88. The summed E-state index contributed by atoms with van der Waals surface area (Å²) in [5.74, 6) is 1.99. The topological polar surface area (TPSA) is 37.2 Å². The van der Waals surface area contributed by atoms with Gasteiger partial charge in [-0.05, 0) is 45.6 Å². The maximum absolute atomic E-state index is 5.41. The van der Waals surface area contributed by atoms with Crippen LogP contribution in [0.3, 0.4) is 0 Å². The molecule has 13 heavy (non-hydrogen) atoms. The predicted octanol–water partition coefficient (Wildman–Crippen LogP) is 1.29. The Hall–Kier alpha value is -0.800. The van der Waals surface area contributed by atoms with Crippen molar-refractivity contribution in [3.05, 3.63) is 23.7 Å². The van der Waals surface area contributed by atoms with Crippen molar-refractivity contribution in [3.63, 3.8) is 0 Å². The van der Waals surface area contributed by atoms with Gasteiger partial charge in [0.15, 0.2) is 0 Å². The first-order chi connectivity index (χ1) is 6.33. The Bertz CT molecular complexity index is 233. The lowest BCUT2D eigenvalue weighted by atomic mass is 10.4. The SMILES string of the molecule is CNCCCNCc1ccc(C)o1. The van der Waals surface area contributed by atoms with Crippen molar-refractivity contribution in [3.8, 4) is 0 Å². The molecule has 0 spiro atoms. The van der Waals surface area contributed by atoms with Crippen LogP contribution in [0.25, 0.3) is 0 Å². The molecular weight excluding hydrogens is 164 g/mol. The molecule has 1 rings (SSSR count). The zero-order valence-electron chi connectivity index (χ0n) is 8.39. The zero-order valence-corrected chi connectivity index (χ0v) is 8.39. The van der Waals surface area contributed by atoms with E-state index < -0.39 is 0 Å². The van der Waals surface area contributed by atoms with Crippen molar-refractivity contribution in [1.82, 2.24) is 10.6 Å². The Balaban J connectivity index is 2.06. The number of hydrogen-bond donors (Lipinski definition) is 2. The second kappa shape index (κ2) is 5.78. The van der Waals surface area contributed by atoms with E-state index in [4.69, 9.17) is 4.42 Å². The van der Waals surface area contributed by atoms with Crippen LogP contribution in [0.4, 0.5) is 0 Å². The molecule has 0 radical (unpaired) electrons. The highest BCUT2D eigenvalue weighted by Gasteiger charge is 1.96. The quantitative estimate of drug-likeness (QED) is 0.651. The second-order valence-electron chi connectivity index (χ2n) is 3.15. The third-order valence-corrected chi connectivity index (χ3v) is 1.88. The van der Waals surface area contributed by atoms with Gasteiger partial charge in [-0.2, -0.15) is 0 Å². The van der Waals surface area contributed by atoms with E-state index in [9.17, 15) is 0 Å². The first-order valence-electron chi connectivity index (χ1n) is 4.73. The molecule has 0 fully saturated rings. The van der Waals surface area contributed by atoms with Gasteiger partial charge in [0.05, 0.1) is 6.54 Å². The van der Waals surface area contributed by atoms with Gasteiger partial charge in [-0.15, -0.1) is 0 Å². The highest BCUT2D eigenvalue weighted by molar-refractivity contribution is 5.04. The van der Waals surface area contributed by atoms with E-state index >= 15 is 0 Å². The molecule has 0 unspecified atom stereocenters. The molecule has 0 saturated carbocycles. The largest absolute Gasteiger partial charge is 0.465 e. The van der Waals surface area contributed by atoms with Crippen LogP contribution in [0.2, 0.25) is 0 Å². The monoisotopic (exact) mass is 182 g/mol. The first-order valence-corrected chi connectivity index (χ1v) is 4.73. The van der Waals surface area contributed by atoms with Crippen LogP contribution in [0.1, 0.15) is 17.9 Å². The van der Waals surface area contributed by atoms with Crippen LogP contribution in [-0.4, -0.2) is 20.1 Å². The van der Waals surface area contributed by atoms with Crippen molar-refractivity contribution in [2.24, 2.45) is 0 Å². The summed E-state index contributed by atoms with van der Waals surface area (Å²) in [6.07, 6.45) is 1.15. The van der Waals surface area contributed by atoms with Crippen molar-refractivity contribution in [2.45, 2.75) is 19.9 Å². The molecule has 2 N–H and O–H groups in total. The molecule has 0 amide bonds. The third-order valence-electron chi connectivity index (χ3n) is 1.88. The maximum atomic E-state index is 5.41. The summed E-state index contributed by atoms with van der Waals surface area (Å²) in [5, 5.41) is 6.42. The van der Waals surface area contributed by atoms with Gasteiger partial charge in [0, 0.05) is 0 Å². The van der Waals surface area contributed by atoms with Gasteiger partial charge >= 0.3 is 0 Å². The molecule has 1 aromatic rings.